The Bertz CT molecular complexity index is 1380. The summed E-state index contributed by atoms with van der Waals surface area (Å²) in [5.41, 5.74) is 2.15. The maximum atomic E-state index is 13.7. The van der Waals surface area contributed by atoms with E-state index in [9.17, 15) is 14.0 Å². The first-order valence-corrected chi connectivity index (χ1v) is 12.7. The minimum Gasteiger partial charge on any atom is -0.497 e. The van der Waals surface area contributed by atoms with Crippen molar-refractivity contribution in [3.05, 3.63) is 131 Å². The van der Waals surface area contributed by atoms with Crippen molar-refractivity contribution < 1.29 is 23.5 Å². The molecule has 0 unspecified atom stereocenters. The second kappa shape index (κ2) is 13.4. The van der Waals surface area contributed by atoms with Gasteiger partial charge in [0.2, 0.25) is 5.91 Å². The third-order valence-electron chi connectivity index (χ3n) is 6.08. The van der Waals surface area contributed by atoms with Gasteiger partial charge >= 0.3 is 0 Å². The fraction of sp³-hybridized carbons (Fsp3) is 0.161. The molecule has 0 saturated heterocycles. The molecule has 0 spiro atoms. The van der Waals surface area contributed by atoms with Crippen LogP contribution in [0.25, 0.3) is 0 Å². The fourth-order valence-electron chi connectivity index (χ4n) is 4.03. The smallest absolute Gasteiger partial charge is 0.261 e. The van der Waals surface area contributed by atoms with Gasteiger partial charge in [0.25, 0.3) is 5.91 Å². The number of para-hydroxylation sites is 1. The number of carbonyl (C=O) groups is 2. The van der Waals surface area contributed by atoms with Gasteiger partial charge in [-0.25, -0.2) is 4.39 Å². The van der Waals surface area contributed by atoms with E-state index >= 15 is 0 Å². The Labute approximate surface area is 231 Å². The van der Waals surface area contributed by atoms with Crippen LogP contribution >= 0.6 is 11.6 Å². The quantitative estimate of drug-likeness (QED) is 0.252. The van der Waals surface area contributed by atoms with Crippen LogP contribution in [0.2, 0.25) is 5.02 Å². The molecule has 0 aliphatic rings. The summed E-state index contributed by atoms with van der Waals surface area (Å²) in [4.78, 5) is 28.8. The van der Waals surface area contributed by atoms with E-state index < -0.39 is 17.8 Å². The second-order valence-electron chi connectivity index (χ2n) is 8.75. The summed E-state index contributed by atoms with van der Waals surface area (Å²) < 4.78 is 24.5. The first-order valence-electron chi connectivity index (χ1n) is 12.3. The van der Waals surface area contributed by atoms with Gasteiger partial charge in [0.1, 0.15) is 23.4 Å². The van der Waals surface area contributed by atoms with Crippen LogP contribution < -0.4 is 14.8 Å². The van der Waals surface area contributed by atoms with Crippen molar-refractivity contribution in [3.8, 4) is 11.5 Å². The van der Waals surface area contributed by atoms with Crippen molar-refractivity contribution in [1.29, 1.82) is 0 Å². The summed E-state index contributed by atoms with van der Waals surface area (Å²) in [7, 11) is 1.59. The number of nitrogens with zero attached hydrogens (tertiary/aromatic N) is 1. The zero-order valence-electron chi connectivity index (χ0n) is 21.3. The lowest BCUT2D eigenvalue weighted by atomic mass is 10.0. The molecule has 2 amide bonds. The maximum Gasteiger partial charge on any atom is 0.261 e. The monoisotopic (exact) mass is 546 g/mol. The molecule has 0 radical (unpaired) electrons. The fourth-order valence-corrected chi connectivity index (χ4v) is 4.22. The lowest BCUT2D eigenvalue weighted by molar-refractivity contribution is -0.143. The molecule has 4 rings (SSSR count). The van der Waals surface area contributed by atoms with Crippen molar-refractivity contribution >= 4 is 23.4 Å². The molecule has 6 nitrogen and oxygen atoms in total. The molecule has 4 aromatic carbocycles. The van der Waals surface area contributed by atoms with Gasteiger partial charge in [-0.3, -0.25) is 9.59 Å². The minimum atomic E-state index is -0.975. The lowest BCUT2D eigenvalue weighted by Gasteiger charge is -2.31. The van der Waals surface area contributed by atoms with Crippen molar-refractivity contribution in [2.24, 2.45) is 0 Å². The van der Waals surface area contributed by atoms with Crippen LogP contribution in [0.4, 0.5) is 4.39 Å². The number of nitrogens with one attached hydrogen (secondary N) is 1. The molecule has 0 fully saturated rings. The molecule has 39 heavy (non-hydrogen) atoms. The van der Waals surface area contributed by atoms with Crippen LogP contribution in [0.3, 0.4) is 0 Å². The van der Waals surface area contributed by atoms with Crippen molar-refractivity contribution in [2.75, 3.05) is 13.7 Å². The highest BCUT2D eigenvalue weighted by atomic mass is 35.5. The summed E-state index contributed by atoms with van der Waals surface area (Å²) in [6.07, 6.45) is 0. The zero-order valence-corrected chi connectivity index (χ0v) is 22.1. The number of hydrogen-bond donors (Lipinski definition) is 1. The second-order valence-corrected chi connectivity index (χ2v) is 9.15. The molecule has 0 saturated carbocycles. The topological polar surface area (TPSA) is 67.9 Å². The largest absolute Gasteiger partial charge is 0.497 e. The zero-order chi connectivity index (χ0) is 27.6. The maximum absolute atomic E-state index is 13.7. The lowest BCUT2D eigenvalue weighted by Crippen LogP contribution is -2.45. The number of carbonyl (C=O) groups excluding carboxylic acids is 2. The van der Waals surface area contributed by atoms with Gasteiger partial charge in [-0.05, 0) is 53.1 Å². The summed E-state index contributed by atoms with van der Waals surface area (Å²) in [6, 6.07) is 28.0. The third-order valence-corrected chi connectivity index (χ3v) is 6.39. The standard InChI is InChI=1S/C31H28ClFN2O4/c1-38-26-17-13-22(14-18-26)19-34-31(37)30(24-7-3-2-4-8-24)35(20-23-11-15-25(33)16-12-23)29(36)21-39-28-10-6-5-9-27(28)32/h2-18,30H,19-21H2,1H3,(H,34,37)/t30-/m0/s1. The van der Waals surface area contributed by atoms with E-state index in [0.717, 1.165) is 5.56 Å². The Hall–Kier alpha value is -4.36. The molecule has 0 heterocycles. The van der Waals surface area contributed by atoms with E-state index in [1.165, 1.54) is 17.0 Å². The Morgan fingerprint density at radius 2 is 1.51 bits per heavy atom. The van der Waals surface area contributed by atoms with Gasteiger partial charge in [-0.2, -0.15) is 0 Å². The molecule has 1 atom stereocenters. The van der Waals surface area contributed by atoms with Gasteiger partial charge in [0.05, 0.1) is 12.1 Å². The average Bonchev–Trinajstić information content (AvgIpc) is 2.97. The van der Waals surface area contributed by atoms with Crippen LogP contribution in [0.15, 0.2) is 103 Å². The van der Waals surface area contributed by atoms with Gasteiger partial charge < -0.3 is 19.7 Å². The first-order chi connectivity index (χ1) is 18.9. The van der Waals surface area contributed by atoms with Gasteiger partial charge in [-0.1, -0.05) is 78.3 Å². The van der Waals surface area contributed by atoms with Crippen LogP contribution in [-0.4, -0.2) is 30.4 Å². The first kappa shape index (κ1) is 27.7. The number of benzene rings is 4. The summed E-state index contributed by atoms with van der Waals surface area (Å²) in [5, 5.41) is 3.32. The summed E-state index contributed by atoms with van der Waals surface area (Å²) in [5.74, 6) is -0.135. The van der Waals surface area contributed by atoms with Crippen LogP contribution in [0, 0.1) is 5.82 Å². The molecular formula is C31H28ClFN2O4. The van der Waals surface area contributed by atoms with Crippen LogP contribution in [0.5, 0.6) is 11.5 Å². The highest BCUT2D eigenvalue weighted by Gasteiger charge is 2.32. The minimum absolute atomic E-state index is 0.0561. The Balaban J connectivity index is 1.62. The summed E-state index contributed by atoms with van der Waals surface area (Å²) in [6.45, 7) is -0.0403. The number of hydrogen-bond acceptors (Lipinski definition) is 4. The molecule has 0 bridgehead atoms. The van der Waals surface area contributed by atoms with Gasteiger partial charge in [-0.15, -0.1) is 0 Å². The molecule has 0 aliphatic heterocycles. The van der Waals surface area contributed by atoms with Gasteiger partial charge in [0.15, 0.2) is 6.61 Å². The van der Waals surface area contributed by atoms with Crippen molar-refractivity contribution in [3.63, 3.8) is 0 Å². The number of halogens is 2. The van der Waals surface area contributed by atoms with Gasteiger partial charge in [0, 0.05) is 13.1 Å². The van der Waals surface area contributed by atoms with Crippen LogP contribution in [-0.2, 0) is 22.7 Å². The molecule has 0 aliphatic carbocycles. The van der Waals surface area contributed by atoms with E-state index in [1.54, 1.807) is 67.8 Å². The van der Waals surface area contributed by atoms with Crippen LogP contribution in [0.1, 0.15) is 22.7 Å². The van der Waals surface area contributed by atoms with E-state index in [2.05, 4.69) is 5.32 Å². The predicted molar refractivity (Wildman–Crippen MR) is 148 cm³/mol. The number of amides is 2. The highest BCUT2D eigenvalue weighted by Crippen LogP contribution is 2.26. The van der Waals surface area contributed by atoms with E-state index in [1.807, 2.05) is 30.3 Å². The predicted octanol–water partition coefficient (Wildman–Crippen LogP) is 5.95. The Morgan fingerprint density at radius 3 is 2.18 bits per heavy atom. The molecule has 200 valence electrons. The number of ether oxygens (including phenoxy) is 2. The molecule has 0 aromatic heterocycles. The molecular weight excluding hydrogens is 519 g/mol. The average molecular weight is 547 g/mol. The number of rotatable bonds is 11. The summed E-state index contributed by atoms with van der Waals surface area (Å²) >= 11 is 6.20. The molecule has 1 N–H and O–H groups in total. The van der Waals surface area contributed by atoms with Crippen molar-refractivity contribution in [1.82, 2.24) is 10.2 Å². The number of methoxy groups -OCH3 is 1. The Kier molecular flexibility index (Phi) is 9.53. The molecule has 4 aromatic rings. The van der Waals surface area contributed by atoms with E-state index in [4.69, 9.17) is 21.1 Å². The van der Waals surface area contributed by atoms with E-state index in [-0.39, 0.29) is 25.6 Å². The van der Waals surface area contributed by atoms with Crippen molar-refractivity contribution in [2.45, 2.75) is 19.1 Å². The van der Waals surface area contributed by atoms with E-state index in [0.29, 0.717) is 27.6 Å². The highest BCUT2D eigenvalue weighted by molar-refractivity contribution is 6.32. The molecule has 8 heteroatoms. The normalized spacial score (nSPS) is 11.4. The SMILES string of the molecule is COc1ccc(CNC(=O)[C@H](c2ccccc2)N(Cc2ccc(F)cc2)C(=O)COc2ccccc2Cl)cc1. The third kappa shape index (κ3) is 7.58. The Morgan fingerprint density at radius 1 is 0.872 bits per heavy atom.